The van der Waals surface area contributed by atoms with Crippen LogP contribution in [0.5, 0.6) is 0 Å². The molecule has 0 aliphatic carbocycles. The second kappa shape index (κ2) is 10.2. The zero-order valence-corrected chi connectivity index (χ0v) is 18.3. The van der Waals surface area contributed by atoms with Gasteiger partial charge in [-0.15, -0.1) is 0 Å². The van der Waals surface area contributed by atoms with Gasteiger partial charge in [0, 0.05) is 34.5 Å². The minimum absolute atomic E-state index is 0.0182. The molecule has 0 radical (unpaired) electrons. The fourth-order valence-electron chi connectivity index (χ4n) is 3.75. The van der Waals surface area contributed by atoms with Gasteiger partial charge in [0.15, 0.2) is 0 Å². The number of carbonyl (C=O) groups excluding carboxylic acids is 2. The van der Waals surface area contributed by atoms with E-state index in [1.54, 1.807) is 18.2 Å². The van der Waals surface area contributed by atoms with E-state index in [2.05, 4.69) is 11.4 Å². The van der Waals surface area contributed by atoms with Gasteiger partial charge in [0.05, 0.1) is 11.1 Å². The van der Waals surface area contributed by atoms with Crippen molar-refractivity contribution in [3.63, 3.8) is 0 Å². The number of nitrogens with one attached hydrogen (secondary N) is 1. The fraction of sp³-hybridized carbons (Fsp3) is 0.192. The van der Waals surface area contributed by atoms with Gasteiger partial charge < -0.3 is 10.2 Å². The van der Waals surface area contributed by atoms with Crippen molar-refractivity contribution in [3.8, 4) is 6.07 Å². The molecule has 0 spiro atoms. The van der Waals surface area contributed by atoms with E-state index >= 15 is 0 Å². The van der Waals surface area contributed by atoms with E-state index in [9.17, 15) is 14.9 Å². The number of nitrogens with zero attached hydrogens (tertiary/aromatic N) is 2. The lowest BCUT2D eigenvalue weighted by molar-refractivity contribution is 0.0694. The summed E-state index contributed by atoms with van der Waals surface area (Å²) in [6.45, 7) is 1.18. The maximum Gasteiger partial charge on any atom is 0.255 e. The van der Waals surface area contributed by atoms with Gasteiger partial charge in [0.1, 0.15) is 6.07 Å². The number of piperidine rings is 1. The fourth-order valence-corrected chi connectivity index (χ4v) is 4.77. The van der Waals surface area contributed by atoms with Gasteiger partial charge in [-0.1, -0.05) is 54.2 Å². The van der Waals surface area contributed by atoms with Crippen molar-refractivity contribution < 1.29 is 9.59 Å². The first-order valence-corrected chi connectivity index (χ1v) is 11.4. The molecule has 1 heterocycles. The molecule has 0 aromatic heterocycles. The van der Waals surface area contributed by atoms with Crippen LogP contribution in [0.15, 0.2) is 88.7 Å². The number of carbonyl (C=O) groups is 2. The van der Waals surface area contributed by atoms with Crippen LogP contribution in [0.2, 0.25) is 0 Å². The molecule has 6 heteroatoms. The van der Waals surface area contributed by atoms with Crippen LogP contribution in [-0.4, -0.2) is 35.8 Å². The SMILES string of the molecule is N#Cc1ccccc1Sc1ccccc1C(=O)N1CCC(NC(=O)c2ccccc2)CC1. The van der Waals surface area contributed by atoms with Crippen LogP contribution in [0, 0.1) is 11.3 Å². The van der Waals surface area contributed by atoms with E-state index in [1.165, 1.54) is 11.8 Å². The van der Waals surface area contributed by atoms with Gasteiger partial charge in [-0.05, 0) is 49.2 Å². The highest BCUT2D eigenvalue weighted by atomic mass is 32.2. The minimum Gasteiger partial charge on any atom is -0.349 e. The highest BCUT2D eigenvalue weighted by Crippen LogP contribution is 2.33. The molecule has 0 unspecified atom stereocenters. The zero-order valence-electron chi connectivity index (χ0n) is 17.5. The Morgan fingerprint density at radius 1 is 0.875 bits per heavy atom. The number of nitriles is 1. The van der Waals surface area contributed by atoms with Gasteiger partial charge in [-0.3, -0.25) is 9.59 Å². The van der Waals surface area contributed by atoms with E-state index in [0.717, 1.165) is 22.6 Å². The first-order valence-electron chi connectivity index (χ1n) is 10.6. The van der Waals surface area contributed by atoms with Crippen molar-refractivity contribution in [3.05, 3.63) is 95.6 Å². The van der Waals surface area contributed by atoms with Crippen LogP contribution in [-0.2, 0) is 0 Å². The molecule has 1 aliphatic heterocycles. The van der Waals surface area contributed by atoms with Crippen LogP contribution < -0.4 is 5.32 Å². The second-order valence-corrected chi connectivity index (χ2v) is 8.70. The summed E-state index contributed by atoms with van der Waals surface area (Å²) >= 11 is 1.44. The Morgan fingerprint density at radius 2 is 1.50 bits per heavy atom. The van der Waals surface area contributed by atoms with Crippen molar-refractivity contribution >= 4 is 23.6 Å². The van der Waals surface area contributed by atoms with Crippen molar-refractivity contribution in [2.75, 3.05) is 13.1 Å². The summed E-state index contributed by atoms with van der Waals surface area (Å²) in [5, 5.41) is 12.4. The molecule has 1 fully saturated rings. The number of likely N-dealkylation sites (tertiary alicyclic amines) is 1. The lowest BCUT2D eigenvalue weighted by atomic mass is 10.0. The van der Waals surface area contributed by atoms with Crippen LogP contribution in [0.3, 0.4) is 0 Å². The topological polar surface area (TPSA) is 73.2 Å². The molecule has 0 atom stereocenters. The van der Waals surface area contributed by atoms with Gasteiger partial charge in [0.2, 0.25) is 0 Å². The van der Waals surface area contributed by atoms with Crippen LogP contribution >= 0.6 is 11.8 Å². The summed E-state index contributed by atoms with van der Waals surface area (Å²) < 4.78 is 0. The molecule has 3 aromatic rings. The summed E-state index contributed by atoms with van der Waals surface area (Å²) in [6.07, 6.45) is 1.44. The van der Waals surface area contributed by atoms with E-state index in [-0.39, 0.29) is 17.9 Å². The Hall–Kier alpha value is -3.56. The quantitative estimate of drug-likeness (QED) is 0.620. The van der Waals surface area contributed by atoms with Gasteiger partial charge in [-0.25, -0.2) is 0 Å². The second-order valence-electron chi connectivity index (χ2n) is 7.61. The molecule has 1 N–H and O–H groups in total. The summed E-state index contributed by atoms with van der Waals surface area (Å²) in [7, 11) is 0. The third kappa shape index (κ3) is 5.01. The molecule has 160 valence electrons. The number of amides is 2. The molecule has 0 bridgehead atoms. The highest BCUT2D eigenvalue weighted by Gasteiger charge is 2.26. The molecular formula is C26H23N3O2S. The Labute approximate surface area is 192 Å². The normalized spacial score (nSPS) is 13.9. The van der Waals surface area contributed by atoms with Gasteiger partial charge in [-0.2, -0.15) is 5.26 Å². The maximum atomic E-state index is 13.3. The van der Waals surface area contributed by atoms with E-state index in [1.807, 2.05) is 65.6 Å². The average Bonchev–Trinajstić information content (AvgIpc) is 2.85. The molecular weight excluding hydrogens is 418 g/mol. The number of rotatable bonds is 5. The van der Waals surface area contributed by atoms with Gasteiger partial charge >= 0.3 is 0 Å². The van der Waals surface area contributed by atoms with Crippen LogP contribution in [0.25, 0.3) is 0 Å². The third-order valence-corrected chi connectivity index (χ3v) is 6.65. The summed E-state index contributed by atoms with van der Waals surface area (Å²) in [6, 6.07) is 26.4. The predicted octanol–water partition coefficient (Wildman–Crippen LogP) is 4.74. The average molecular weight is 442 g/mol. The first-order chi connectivity index (χ1) is 15.7. The Kier molecular flexibility index (Phi) is 6.88. The smallest absolute Gasteiger partial charge is 0.255 e. The Balaban J connectivity index is 1.41. The van der Waals surface area contributed by atoms with Crippen LogP contribution in [0.1, 0.15) is 39.1 Å². The Morgan fingerprint density at radius 3 is 2.22 bits per heavy atom. The lowest BCUT2D eigenvalue weighted by Gasteiger charge is -2.32. The van der Waals surface area contributed by atoms with Gasteiger partial charge in [0.25, 0.3) is 11.8 Å². The zero-order chi connectivity index (χ0) is 22.3. The lowest BCUT2D eigenvalue weighted by Crippen LogP contribution is -2.46. The number of hydrogen-bond donors (Lipinski definition) is 1. The molecule has 1 saturated heterocycles. The highest BCUT2D eigenvalue weighted by molar-refractivity contribution is 7.99. The largest absolute Gasteiger partial charge is 0.349 e. The monoisotopic (exact) mass is 441 g/mol. The standard InChI is InChI=1S/C26H23N3O2S/c27-18-20-10-4-6-12-23(20)32-24-13-7-5-11-22(24)26(31)29-16-14-21(15-17-29)28-25(30)19-8-2-1-3-9-19/h1-13,21H,14-17H2,(H,28,30). The van der Waals surface area contributed by atoms with E-state index in [0.29, 0.717) is 29.8 Å². The summed E-state index contributed by atoms with van der Waals surface area (Å²) in [5.74, 6) is -0.0938. The molecule has 32 heavy (non-hydrogen) atoms. The molecule has 0 saturated carbocycles. The van der Waals surface area contributed by atoms with Crippen LogP contribution in [0.4, 0.5) is 0 Å². The van der Waals surface area contributed by atoms with E-state index < -0.39 is 0 Å². The number of hydrogen-bond acceptors (Lipinski definition) is 4. The predicted molar refractivity (Wildman–Crippen MR) is 125 cm³/mol. The van der Waals surface area contributed by atoms with Crippen molar-refractivity contribution in [2.24, 2.45) is 0 Å². The molecule has 3 aromatic carbocycles. The van der Waals surface area contributed by atoms with E-state index in [4.69, 9.17) is 0 Å². The van der Waals surface area contributed by atoms with Crippen molar-refractivity contribution in [2.45, 2.75) is 28.7 Å². The molecule has 1 aliphatic rings. The molecule has 4 rings (SSSR count). The summed E-state index contributed by atoms with van der Waals surface area (Å²) in [5.41, 5.74) is 1.88. The first kappa shape index (κ1) is 21.7. The molecule has 2 amide bonds. The van der Waals surface area contributed by atoms with Crippen molar-refractivity contribution in [1.82, 2.24) is 10.2 Å². The maximum absolute atomic E-state index is 13.3. The minimum atomic E-state index is -0.0757. The number of benzene rings is 3. The van der Waals surface area contributed by atoms with Crippen molar-refractivity contribution in [1.29, 1.82) is 5.26 Å². The Bertz CT molecular complexity index is 1150. The summed E-state index contributed by atoms with van der Waals surface area (Å²) in [4.78, 5) is 29.2. The third-order valence-electron chi connectivity index (χ3n) is 5.50. The molecule has 5 nitrogen and oxygen atoms in total.